The monoisotopic (exact) mass is 399 g/mol. The number of aryl methyl sites for hydroxylation is 1. The number of carbonyl (C=O) groups excluding carboxylic acids is 1. The fraction of sp³-hybridized carbons (Fsp3) is 0.250. The maximum absolute atomic E-state index is 11.5. The van der Waals surface area contributed by atoms with Crippen LogP contribution < -0.4 is 4.74 Å². The van der Waals surface area contributed by atoms with E-state index >= 15 is 0 Å². The van der Waals surface area contributed by atoms with Gasteiger partial charge in [-0.2, -0.15) is 0 Å². The molecule has 0 amide bonds. The van der Waals surface area contributed by atoms with Crippen LogP contribution in [0.15, 0.2) is 58.6 Å². The Morgan fingerprint density at radius 1 is 1.32 bits per heavy atom. The summed E-state index contributed by atoms with van der Waals surface area (Å²) >= 11 is 1.46. The van der Waals surface area contributed by atoms with Crippen LogP contribution in [0.5, 0.6) is 5.75 Å². The number of aromatic nitrogens is 3. The molecule has 0 fully saturated rings. The molecule has 0 saturated carbocycles. The summed E-state index contributed by atoms with van der Waals surface area (Å²) in [6.07, 6.45) is 1.78. The van der Waals surface area contributed by atoms with E-state index in [4.69, 9.17) is 9.15 Å². The van der Waals surface area contributed by atoms with E-state index in [1.54, 1.807) is 18.2 Å². The number of carbonyl (C=O) groups is 1. The Balaban J connectivity index is 1.67. The number of hydrogen-bond acceptors (Lipinski definition) is 7. The van der Waals surface area contributed by atoms with Gasteiger partial charge in [-0.25, -0.2) is 4.79 Å². The maximum atomic E-state index is 11.5. The van der Waals surface area contributed by atoms with Crippen molar-refractivity contribution in [1.29, 1.82) is 0 Å². The standard InChI is InChI=1S/C20H21N3O4S/c1-4-10-23-18(12-26-15-7-5-6-14(2)11-15)21-22-20(23)28-13-16-8-9-17(27-16)19(24)25-3/h4-9,11H,1,10,12-13H2,2-3H3. The molecule has 0 aliphatic rings. The maximum Gasteiger partial charge on any atom is 0.373 e. The number of methoxy groups -OCH3 is 1. The molecule has 0 N–H and O–H groups in total. The second kappa shape index (κ2) is 9.27. The quantitative estimate of drug-likeness (QED) is 0.305. The number of nitrogens with zero attached hydrogens (tertiary/aromatic N) is 3. The van der Waals surface area contributed by atoms with Gasteiger partial charge in [0, 0.05) is 6.54 Å². The number of allylic oxidation sites excluding steroid dienone is 1. The molecule has 2 aromatic heterocycles. The molecule has 3 aromatic rings. The average Bonchev–Trinajstić information content (AvgIpc) is 3.32. The van der Waals surface area contributed by atoms with Crippen LogP contribution in [0.25, 0.3) is 0 Å². The SMILES string of the molecule is C=CCn1c(COc2cccc(C)c2)nnc1SCc1ccc(C(=O)OC)o1. The highest BCUT2D eigenvalue weighted by Gasteiger charge is 2.15. The summed E-state index contributed by atoms with van der Waals surface area (Å²) < 4.78 is 17.9. The van der Waals surface area contributed by atoms with Crippen molar-refractivity contribution in [3.8, 4) is 5.75 Å². The molecule has 0 radical (unpaired) electrons. The molecule has 8 heteroatoms. The number of benzene rings is 1. The molecule has 28 heavy (non-hydrogen) atoms. The van der Waals surface area contributed by atoms with Crippen molar-refractivity contribution in [2.45, 2.75) is 31.0 Å². The first-order valence-electron chi connectivity index (χ1n) is 8.63. The smallest absolute Gasteiger partial charge is 0.373 e. The molecular formula is C20H21N3O4S. The van der Waals surface area contributed by atoms with Gasteiger partial charge in [0.15, 0.2) is 11.0 Å². The summed E-state index contributed by atoms with van der Waals surface area (Å²) in [4.78, 5) is 11.5. The molecule has 0 aliphatic carbocycles. The zero-order valence-electron chi connectivity index (χ0n) is 15.8. The van der Waals surface area contributed by atoms with Crippen molar-refractivity contribution in [2.24, 2.45) is 0 Å². The summed E-state index contributed by atoms with van der Waals surface area (Å²) in [6, 6.07) is 11.2. The van der Waals surface area contributed by atoms with Gasteiger partial charge in [0.05, 0.1) is 12.9 Å². The summed E-state index contributed by atoms with van der Waals surface area (Å²) in [5.41, 5.74) is 1.13. The zero-order valence-corrected chi connectivity index (χ0v) is 16.6. The van der Waals surface area contributed by atoms with Crippen molar-refractivity contribution in [2.75, 3.05) is 7.11 Å². The second-order valence-electron chi connectivity index (χ2n) is 5.95. The van der Waals surface area contributed by atoms with Gasteiger partial charge in [-0.05, 0) is 36.8 Å². The third kappa shape index (κ3) is 4.83. The minimum Gasteiger partial charge on any atom is -0.486 e. The van der Waals surface area contributed by atoms with Gasteiger partial charge in [0.25, 0.3) is 0 Å². The number of furan rings is 1. The first-order chi connectivity index (χ1) is 13.6. The highest BCUT2D eigenvalue weighted by Crippen LogP contribution is 2.24. The summed E-state index contributed by atoms with van der Waals surface area (Å²) in [5, 5.41) is 9.22. The van der Waals surface area contributed by atoms with E-state index in [1.807, 2.05) is 35.8 Å². The Bertz CT molecular complexity index is 964. The van der Waals surface area contributed by atoms with Crippen LogP contribution in [-0.2, 0) is 23.6 Å². The first-order valence-corrected chi connectivity index (χ1v) is 9.61. The van der Waals surface area contributed by atoms with Gasteiger partial charge < -0.3 is 13.9 Å². The predicted molar refractivity (Wildman–Crippen MR) is 105 cm³/mol. The van der Waals surface area contributed by atoms with E-state index in [9.17, 15) is 4.79 Å². The van der Waals surface area contributed by atoms with Crippen molar-refractivity contribution >= 4 is 17.7 Å². The minimum absolute atomic E-state index is 0.179. The molecule has 146 valence electrons. The van der Waals surface area contributed by atoms with Gasteiger partial charge in [-0.15, -0.1) is 16.8 Å². The lowest BCUT2D eigenvalue weighted by molar-refractivity contribution is 0.0563. The van der Waals surface area contributed by atoms with Gasteiger partial charge >= 0.3 is 5.97 Å². The highest BCUT2D eigenvalue weighted by atomic mass is 32.2. The van der Waals surface area contributed by atoms with Crippen LogP contribution in [0.3, 0.4) is 0 Å². The van der Waals surface area contributed by atoms with E-state index in [2.05, 4.69) is 21.5 Å². The lowest BCUT2D eigenvalue weighted by Gasteiger charge is -2.09. The molecule has 0 saturated heterocycles. The summed E-state index contributed by atoms with van der Waals surface area (Å²) in [5.74, 6) is 2.33. The molecular weight excluding hydrogens is 378 g/mol. The van der Waals surface area contributed by atoms with Crippen LogP contribution in [0.2, 0.25) is 0 Å². The lowest BCUT2D eigenvalue weighted by atomic mass is 10.2. The van der Waals surface area contributed by atoms with Crippen molar-refractivity contribution in [3.63, 3.8) is 0 Å². The first kappa shape index (κ1) is 19.8. The van der Waals surface area contributed by atoms with Gasteiger partial charge in [-0.3, -0.25) is 4.57 Å². The zero-order chi connectivity index (χ0) is 19.9. The fourth-order valence-electron chi connectivity index (χ4n) is 2.50. The largest absolute Gasteiger partial charge is 0.486 e. The molecule has 0 bridgehead atoms. The Labute approximate surface area is 167 Å². The molecule has 3 rings (SSSR count). The van der Waals surface area contributed by atoms with Crippen LogP contribution in [-0.4, -0.2) is 27.8 Å². The summed E-state index contributed by atoms with van der Waals surface area (Å²) in [7, 11) is 1.32. The number of esters is 1. The van der Waals surface area contributed by atoms with Crippen molar-refractivity contribution in [3.05, 3.63) is 72.0 Å². The minimum atomic E-state index is -0.498. The van der Waals surface area contributed by atoms with E-state index in [-0.39, 0.29) is 5.76 Å². The number of thioether (sulfide) groups is 1. The van der Waals surface area contributed by atoms with Crippen LogP contribution in [0.4, 0.5) is 0 Å². The number of hydrogen-bond donors (Lipinski definition) is 0. The third-order valence-electron chi connectivity index (χ3n) is 3.85. The predicted octanol–water partition coefficient (Wildman–Crippen LogP) is 4.02. The lowest BCUT2D eigenvalue weighted by Crippen LogP contribution is -2.07. The Hall–Kier alpha value is -3.00. The Morgan fingerprint density at radius 3 is 2.93 bits per heavy atom. The number of rotatable bonds is 9. The molecule has 0 aliphatic heterocycles. The van der Waals surface area contributed by atoms with Gasteiger partial charge in [-0.1, -0.05) is 30.0 Å². The molecule has 2 heterocycles. The summed E-state index contributed by atoms with van der Waals surface area (Å²) in [6.45, 7) is 6.68. The van der Waals surface area contributed by atoms with Gasteiger partial charge in [0.2, 0.25) is 5.76 Å². The van der Waals surface area contributed by atoms with Crippen molar-refractivity contribution < 1.29 is 18.7 Å². The third-order valence-corrected chi connectivity index (χ3v) is 4.84. The molecule has 0 spiro atoms. The Kier molecular flexibility index (Phi) is 6.54. The van der Waals surface area contributed by atoms with Crippen LogP contribution >= 0.6 is 11.8 Å². The fourth-order valence-corrected chi connectivity index (χ4v) is 3.36. The normalized spacial score (nSPS) is 10.6. The topological polar surface area (TPSA) is 79.4 Å². The van der Waals surface area contributed by atoms with Crippen LogP contribution in [0, 0.1) is 6.92 Å². The highest BCUT2D eigenvalue weighted by molar-refractivity contribution is 7.98. The van der Waals surface area contributed by atoms with E-state index in [0.717, 1.165) is 16.5 Å². The number of ether oxygens (including phenoxy) is 2. The Morgan fingerprint density at radius 2 is 2.18 bits per heavy atom. The van der Waals surface area contributed by atoms with E-state index < -0.39 is 5.97 Å². The van der Waals surface area contributed by atoms with E-state index in [1.165, 1.54) is 18.9 Å². The van der Waals surface area contributed by atoms with E-state index in [0.29, 0.717) is 30.5 Å². The second-order valence-corrected chi connectivity index (χ2v) is 6.89. The molecule has 0 unspecified atom stereocenters. The van der Waals surface area contributed by atoms with Crippen LogP contribution in [0.1, 0.15) is 27.7 Å². The average molecular weight is 399 g/mol. The molecule has 0 atom stereocenters. The van der Waals surface area contributed by atoms with Crippen molar-refractivity contribution in [1.82, 2.24) is 14.8 Å². The molecule has 1 aromatic carbocycles. The molecule has 7 nitrogen and oxygen atoms in total. The van der Waals surface area contributed by atoms with Gasteiger partial charge in [0.1, 0.15) is 18.1 Å².